The molecule has 5 heteroatoms. The molecule has 1 fully saturated rings. The van der Waals surface area contributed by atoms with Gasteiger partial charge in [0.25, 0.3) is 0 Å². The molecular weight excluding hydrogens is 276 g/mol. The summed E-state index contributed by atoms with van der Waals surface area (Å²) < 4.78 is 2.06. The second-order valence-corrected chi connectivity index (χ2v) is 6.29. The van der Waals surface area contributed by atoms with Gasteiger partial charge >= 0.3 is 0 Å². The van der Waals surface area contributed by atoms with E-state index in [1.54, 1.807) is 6.92 Å². The number of amides is 1. The van der Waals surface area contributed by atoms with E-state index in [4.69, 9.17) is 0 Å². The van der Waals surface area contributed by atoms with Gasteiger partial charge in [0.2, 0.25) is 5.91 Å². The zero-order valence-corrected chi connectivity index (χ0v) is 12.9. The van der Waals surface area contributed by atoms with Crippen molar-refractivity contribution in [1.82, 2.24) is 9.78 Å². The molecule has 1 aliphatic carbocycles. The Morgan fingerprint density at radius 2 is 2.14 bits per heavy atom. The lowest BCUT2D eigenvalue weighted by Crippen LogP contribution is -2.44. The molecular formula is C17H20N4O. The molecule has 22 heavy (non-hydrogen) atoms. The fraction of sp³-hybridized carbons (Fsp3) is 0.412. The lowest BCUT2D eigenvalue weighted by Gasteiger charge is -2.35. The fourth-order valence-electron chi connectivity index (χ4n) is 3.16. The summed E-state index contributed by atoms with van der Waals surface area (Å²) in [6.07, 6.45) is 6.51. The fourth-order valence-corrected chi connectivity index (χ4v) is 3.16. The molecule has 1 N–H and O–H groups in total. The molecule has 0 radical (unpaired) electrons. The molecule has 1 atom stereocenters. The molecule has 0 saturated heterocycles. The van der Waals surface area contributed by atoms with Crippen molar-refractivity contribution in [1.29, 1.82) is 0 Å². The highest BCUT2D eigenvalue weighted by Crippen LogP contribution is 2.37. The van der Waals surface area contributed by atoms with Gasteiger partial charge in [-0.3, -0.25) is 9.48 Å². The molecule has 1 aliphatic heterocycles. The van der Waals surface area contributed by atoms with Gasteiger partial charge in [0.05, 0.1) is 29.7 Å². The minimum atomic E-state index is 0.0875. The van der Waals surface area contributed by atoms with Crippen LogP contribution in [0.5, 0.6) is 0 Å². The number of benzene rings is 1. The number of carbonyl (C=O) groups is 1. The van der Waals surface area contributed by atoms with Crippen LogP contribution in [-0.4, -0.2) is 28.3 Å². The average Bonchev–Trinajstić information content (AvgIpc) is 3.24. The Hall–Kier alpha value is -2.30. The van der Waals surface area contributed by atoms with Crippen molar-refractivity contribution in [2.24, 2.45) is 0 Å². The third-order valence-corrected chi connectivity index (χ3v) is 4.48. The first kappa shape index (κ1) is 13.4. The zero-order chi connectivity index (χ0) is 15.3. The number of hydrogen-bond donors (Lipinski definition) is 1. The number of fused-ring (bicyclic) bond motifs is 1. The second kappa shape index (κ2) is 4.87. The third kappa shape index (κ3) is 2.17. The molecule has 0 bridgehead atoms. The molecule has 1 saturated carbocycles. The normalized spacial score (nSPS) is 20.5. The summed E-state index contributed by atoms with van der Waals surface area (Å²) >= 11 is 0. The average molecular weight is 296 g/mol. The largest absolute Gasteiger partial charge is 0.381 e. The standard InChI is InChI=1S/C17H20N4O/c1-11-8-18-16-7-13(3-6-17(16)21(11)12(2)22)14-9-19-20(10-14)15-4-5-15/h3,6-7,9-11,15,18H,4-5,8H2,1-2H3. The Morgan fingerprint density at radius 1 is 1.32 bits per heavy atom. The maximum atomic E-state index is 11.9. The van der Waals surface area contributed by atoms with Gasteiger partial charge in [-0.2, -0.15) is 5.10 Å². The molecule has 2 heterocycles. The lowest BCUT2D eigenvalue weighted by atomic mass is 10.0. The molecule has 1 amide bonds. The van der Waals surface area contributed by atoms with E-state index >= 15 is 0 Å². The van der Waals surface area contributed by atoms with E-state index in [1.807, 2.05) is 17.2 Å². The minimum absolute atomic E-state index is 0.0875. The quantitative estimate of drug-likeness (QED) is 0.926. The molecule has 0 spiro atoms. The van der Waals surface area contributed by atoms with Crippen molar-refractivity contribution in [2.45, 2.75) is 38.8 Å². The first-order valence-electron chi connectivity index (χ1n) is 7.86. The van der Waals surface area contributed by atoms with Crippen molar-refractivity contribution in [3.8, 4) is 11.1 Å². The molecule has 2 aromatic rings. The first-order valence-corrected chi connectivity index (χ1v) is 7.86. The van der Waals surface area contributed by atoms with Gasteiger partial charge in [-0.25, -0.2) is 0 Å². The predicted molar refractivity (Wildman–Crippen MR) is 87.0 cm³/mol. The van der Waals surface area contributed by atoms with Gasteiger partial charge in [-0.05, 0) is 37.5 Å². The van der Waals surface area contributed by atoms with Gasteiger partial charge in [0, 0.05) is 25.2 Å². The van der Waals surface area contributed by atoms with Crippen molar-refractivity contribution in [3.05, 3.63) is 30.6 Å². The Kier molecular flexibility index (Phi) is 2.96. The third-order valence-electron chi connectivity index (χ3n) is 4.48. The van der Waals surface area contributed by atoms with Crippen LogP contribution in [-0.2, 0) is 4.79 Å². The molecule has 1 unspecified atom stereocenters. The SMILES string of the molecule is CC(=O)N1c2ccc(-c3cnn(C4CC4)c3)cc2NCC1C. The van der Waals surface area contributed by atoms with Gasteiger partial charge < -0.3 is 10.2 Å². The first-order chi connectivity index (χ1) is 10.6. The predicted octanol–water partition coefficient (Wildman–Crippen LogP) is 3.05. The molecule has 5 nitrogen and oxygen atoms in total. The lowest BCUT2D eigenvalue weighted by molar-refractivity contribution is -0.116. The number of nitrogens with zero attached hydrogens (tertiary/aromatic N) is 3. The number of aromatic nitrogens is 2. The highest BCUT2D eigenvalue weighted by Gasteiger charge is 2.27. The van der Waals surface area contributed by atoms with Crippen LogP contribution in [0, 0.1) is 0 Å². The van der Waals surface area contributed by atoms with E-state index in [2.05, 4.69) is 40.4 Å². The van der Waals surface area contributed by atoms with Gasteiger partial charge in [-0.15, -0.1) is 0 Å². The Morgan fingerprint density at radius 3 is 2.86 bits per heavy atom. The van der Waals surface area contributed by atoms with E-state index in [0.717, 1.165) is 29.0 Å². The van der Waals surface area contributed by atoms with E-state index in [1.165, 1.54) is 12.8 Å². The van der Waals surface area contributed by atoms with Crippen molar-refractivity contribution in [3.63, 3.8) is 0 Å². The van der Waals surface area contributed by atoms with Crippen LogP contribution in [0.4, 0.5) is 11.4 Å². The molecule has 114 valence electrons. The highest BCUT2D eigenvalue weighted by atomic mass is 16.2. The van der Waals surface area contributed by atoms with E-state index in [0.29, 0.717) is 6.04 Å². The summed E-state index contributed by atoms with van der Waals surface area (Å²) in [5, 5.41) is 7.88. The summed E-state index contributed by atoms with van der Waals surface area (Å²) in [4.78, 5) is 13.8. The summed E-state index contributed by atoms with van der Waals surface area (Å²) in [5.74, 6) is 0.0875. The van der Waals surface area contributed by atoms with Crippen LogP contribution in [0.3, 0.4) is 0 Å². The monoisotopic (exact) mass is 296 g/mol. The topological polar surface area (TPSA) is 50.2 Å². The number of nitrogens with one attached hydrogen (secondary N) is 1. The van der Waals surface area contributed by atoms with Crippen LogP contribution in [0.25, 0.3) is 11.1 Å². The van der Waals surface area contributed by atoms with Gasteiger partial charge in [-0.1, -0.05) is 6.07 Å². The Balaban J connectivity index is 1.70. The van der Waals surface area contributed by atoms with Crippen LogP contribution >= 0.6 is 0 Å². The Labute approximate surface area is 129 Å². The molecule has 1 aromatic heterocycles. The van der Waals surface area contributed by atoms with Crippen LogP contribution in [0.15, 0.2) is 30.6 Å². The Bertz CT molecular complexity index is 732. The van der Waals surface area contributed by atoms with Crippen LogP contribution < -0.4 is 10.2 Å². The van der Waals surface area contributed by atoms with Gasteiger partial charge in [0.15, 0.2) is 0 Å². The van der Waals surface area contributed by atoms with Gasteiger partial charge in [0.1, 0.15) is 0 Å². The minimum Gasteiger partial charge on any atom is -0.381 e. The molecule has 2 aliphatic rings. The number of carbonyl (C=O) groups excluding carboxylic acids is 1. The van der Waals surface area contributed by atoms with Crippen LogP contribution in [0.2, 0.25) is 0 Å². The highest BCUT2D eigenvalue weighted by molar-refractivity contribution is 5.97. The maximum Gasteiger partial charge on any atom is 0.224 e. The zero-order valence-electron chi connectivity index (χ0n) is 12.9. The maximum absolute atomic E-state index is 11.9. The number of rotatable bonds is 2. The summed E-state index contributed by atoms with van der Waals surface area (Å²) in [6.45, 7) is 4.46. The van der Waals surface area contributed by atoms with E-state index < -0.39 is 0 Å². The van der Waals surface area contributed by atoms with E-state index in [9.17, 15) is 4.79 Å². The second-order valence-electron chi connectivity index (χ2n) is 6.29. The molecule has 1 aromatic carbocycles. The number of hydrogen-bond acceptors (Lipinski definition) is 3. The summed E-state index contributed by atoms with van der Waals surface area (Å²) in [6, 6.07) is 6.99. The summed E-state index contributed by atoms with van der Waals surface area (Å²) in [7, 11) is 0. The number of anilines is 2. The van der Waals surface area contributed by atoms with E-state index in [-0.39, 0.29) is 11.9 Å². The smallest absolute Gasteiger partial charge is 0.224 e. The molecule has 4 rings (SSSR count). The van der Waals surface area contributed by atoms with Crippen molar-refractivity contribution in [2.75, 3.05) is 16.8 Å². The summed E-state index contributed by atoms with van der Waals surface area (Å²) in [5.41, 5.74) is 4.25. The van der Waals surface area contributed by atoms with Crippen molar-refractivity contribution < 1.29 is 4.79 Å². The van der Waals surface area contributed by atoms with Crippen LogP contribution in [0.1, 0.15) is 32.7 Å². The van der Waals surface area contributed by atoms with Crippen molar-refractivity contribution >= 4 is 17.3 Å².